The Hall–Kier alpha value is 0.140. The fraction of sp³-hybridized carbons (Fsp3) is 0.636. The monoisotopic (exact) mass is 275 g/mol. The van der Waals surface area contributed by atoms with Gasteiger partial charge >= 0.3 is 0 Å². The SMILES string of the molecule is CCCC(C)CC(N)c1cc(Br)cs1. The topological polar surface area (TPSA) is 26.0 Å². The molecule has 0 aromatic carbocycles. The van der Waals surface area contributed by atoms with E-state index in [2.05, 4.69) is 41.2 Å². The molecule has 0 bridgehead atoms. The van der Waals surface area contributed by atoms with E-state index in [9.17, 15) is 0 Å². The summed E-state index contributed by atoms with van der Waals surface area (Å²) in [4.78, 5) is 1.29. The number of hydrogen-bond donors (Lipinski definition) is 1. The molecular weight excluding hydrogens is 258 g/mol. The number of hydrogen-bond acceptors (Lipinski definition) is 2. The summed E-state index contributed by atoms with van der Waals surface area (Å²) in [5, 5.41) is 2.10. The molecule has 1 nitrogen and oxygen atoms in total. The van der Waals surface area contributed by atoms with E-state index >= 15 is 0 Å². The minimum atomic E-state index is 0.216. The van der Waals surface area contributed by atoms with Crippen molar-refractivity contribution >= 4 is 27.3 Å². The summed E-state index contributed by atoms with van der Waals surface area (Å²) in [6, 6.07) is 2.35. The second-order valence-corrected chi connectivity index (χ2v) is 5.76. The summed E-state index contributed by atoms with van der Waals surface area (Å²) in [7, 11) is 0. The van der Waals surface area contributed by atoms with Gasteiger partial charge in [-0.15, -0.1) is 11.3 Å². The average Bonchev–Trinajstić information content (AvgIpc) is 2.52. The molecule has 0 aliphatic rings. The molecule has 0 saturated carbocycles. The van der Waals surface area contributed by atoms with Crippen LogP contribution in [0.1, 0.15) is 44.0 Å². The van der Waals surface area contributed by atoms with Crippen molar-refractivity contribution in [2.45, 2.75) is 39.2 Å². The normalized spacial score (nSPS) is 15.4. The lowest BCUT2D eigenvalue weighted by molar-refractivity contribution is 0.443. The van der Waals surface area contributed by atoms with Crippen LogP contribution in [0, 0.1) is 5.92 Å². The first-order valence-corrected chi connectivity index (χ1v) is 6.80. The first-order chi connectivity index (χ1) is 6.63. The second kappa shape index (κ2) is 5.89. The van der Waals surface area contributed by atoms with E-state index in [0.29, 0.717) is 0 Å². The van der Waals surface area contributed by atoms with Gasteiger partial charge in [0.1, 0.15) is 0 Å². The van der Waals surface area contributed by atoms with Crippen LogP contribution in [0.25, 0.3) is 0 Å². The fourth-order valence-electron chi connectivity index (χ4n) is 1.68. The van der Waals surface area contributed by atoms with E-state index in [0.717, 1.165) is 16.8 Å². The maximum absolute atomic E-state index is 6.13. The maximum Gasteiger partial charge on any atom is 0.0392 e. The molecule has 1 aromatic heterocycles. The van der Waals surface area contributed by atoms with Crippen molar-refractivity contribution in [3.05, 3.63) is 20.8 Å². The van der Waals surface area contributed by atoms with E-state index < -0.39 is 0 Å². The van der Waals surface area contributed by atoms with Crippen LogP contribution in [-0.4, -0.2) is 0 Å². The van der Waals surface area contributed by atoms with Crippen LogP contribution in [0.2, 0.25) is 0 Å². The zero-order chi connectivity index (χ0) is 10.6. The van der Waals surface area contributed by atoms with Gasteiger partial charge in [-0.3, -0.25) is 0 Å². The Morgan fingerprint density at radius 1 is 1.57 bits per heavy atom. The highest BCUT2D eigenvalue weighted by atomic mass is 79.9. The molecule has 2 unspecified atom stereocenters. The third-order valence-electron chi connectivity index (χ3n) is 2.39. The Morgan fingerprint density at radius 3 is 2.79 bits per heavy atom. The first-order valence-electron chi connectivity index (χ1n) is 5.13. The number of thiophene rings is 1. The molecule has 0 aliphatic carbocycles. The van der Waals surface area contributed by atoms with Crippen LogP contribution in [0.5, 0.6) is 0 Å². The predicted molar refractivity (Wildman–Crippen MR) is 67.6 cm³/mol. The van der Waals surface area contributed by atoms with Gasteiger partial charge in [0.05, 0.1) is 0 Å². The zero-order valence-corrected chi connectivity index (χ0v) is 11.2. The minimum absolute atomic E-state index is 0.216. The van der Waals surface area contributed by atoms with Crippen LogP contribution in [0.4, 0.5) is 0 Å². The van der Waals surface area contributed by atoms with Gasteiger partial charge in [-0.2, -0.15) is 0 Å². The quantitative estimate of drug-likeness (QED) is 0.850. The Balaban J connectivity index is 2.45. The third-order valence-corrected chi connectivity index (χ3v) is 4.22. The van der Waals surface area contributed by atoms with Gasteiger partial charge in [-0.25, -0.2) is 0 Å². The van der Waals surface area contributed by atoms with E-state index in [1.54, 1.807) is 11.3 Å². The van der Waals surface area contributed by atoms with E-state index in [-0.39, 0.29) is 6.04 Å². The van der Waals surface area contributed by atoms with Crippen LogP contribution in [-0.2, 0) is 0 Å². The molecule has 3 heteroatoms. The van der Waals surface area contributed by atoms with Crippen molar-refractivity contribution in [3.63, 3.8) is 0 Å². The number of nitrogens with two attached hydrogens (primary N) is 1. The lowest BCUT2D eigenvalue weighted by Crippen LogP contribution is -2.12. The molecule has 0 amide bonds. The van der Waals surface area contributed by atoms with E-state index in [4.69, 9.17) is 5.73 Å². The Labute approximate surface area is 98.8 Å². The molecule has 1 aromatic rings. The Bertz CT molecular complexity index is 272. The average molecular weight is 276 g/mol. The Kier molecular flexibility index (Phi) is 5.13. The molecule has 2 N–H and O–H groups in total. The molecule has 80 valence electrons. The van der Waals surface area contributed by atoms with Crippen LogP contribution in [0.3, 0.4) is 0 Å². The molecule has 0 fully saturated rings. The lowest BCUT2D eigenvalue weighted by atomic mass is 9.97. The minimum Gasteiger partial charge on any atom is -0.323 e. The van der Waals surface area contributed by atoms with Crippen molar-refractivity contribution in [1.29, 1.82) is 0 Å². The largest absolute Gasteiger partial charge is 0.323 e. The van der Waals surface area contributed by atoms with Crippen LogP contribution in [0.15, 0.2) is 15.9 Å². The molecule has 2 atom stereocenters. The second-order valence-electron chi connectivity index (χ2n) is 3.90. The molecule has 0 aliphatic heterocycles. The van der Waals surface area contributed by atoms with Crippen molar-refractivity contribution in [2.75, 3.05) is 0 Å². The smallest absolute Gasteiger partial charge is 0.0392 e. The fourth-order valence-corrected chi connectivity index (χ4v) is 3.14. The molecule has 0 radical (unpaired) electrons. The van der Waals surface area contributed by atoms with Crippen molar-refractivity contribution in [2.24, 2.45) is 11.7 Å². The van der Waals surface area contributed by atoms with Crippen LogP contribution >= 0.6 is 27.3 Å². The molecule has 14 heavy (non-hydrogen) atoms. The first kappa shape index (κ1) is 12.2. The highest BCUT2D eigenvalue weighted by Gasteiger charge is 2.12. The van der Waals surface area contributed by atoms with E-state index in [1.165, 1.54) is 17.7 Å². The Morgan fingerprint density at radius 2 is 2.29 bits per heavy atom. The summed E-state index contributed by atoms with van der Waals surface area (Å²) in [5.74, 6) is 0.732. The van der Waals surface area contributed by atoms with Crippen molar-refractivity contribution in [3.8, 4) is 0 Å². The molecular formula is C11H18BrNS. The van der Waals surface area contributed by atoms with Gasteiger partial charge in [0.2, 0.25) is 0 Å². The van der Waals surface area contributed by atoms with Gasteiger partial charge in [-0.05, 0) is 34.3 Å². The number of halogens is 1. The lowest BCUT2D eigenvalue weighted by Gasteiger charge is -2.15. The molecule has 1 heterocycles. The standard InChI is InChI=1S/C11H18BrNS/c1-3-4-8(2)5-10(13)11-6-9(12)7-14-11/h6-8,10H,3-5,13H2,1-2H3. The van der Waals surface area contributed by atoms with Crippen LogP contribution < -0.4 is 5.73 Å². The zero-order valence-electron chi connectivity index (χ0n) is 8.79. The summed E-state index contributed by atoms with van der Waals surface area (Å²) in [6.07, 6.45) is 3.63. The van der Waals surface area contributed by atoms with Gasteiger partial charge in [0.25, 0.3) is 0 Å². The predicted octanol–water partition coefficient (Wildman–Crippen LogP) is 4.34. The molecule has 0 saturated heterocycles. The van der Waals surface area contributed by atoms with Gasteiger partial charge in [-0.1, -0.05) is 26.7 Å². The highest BCUT2D eigenvalue weighted by molar-refractivity contribution is 9.10. The summed E-state index contributed by atoms with van der Waals surface area (Å²) in [6.45, 7) is 4.51. The maximum atomic E-state index is 6.13. The molecule has 1 rings (SSSR count). The third kappa shape index (κ3) is 3.71. The van der Waals surface area contributed by atoms with E-state index in [1.807, 2.05) is 0 Å². The van der Waals surface area contributed by atoms with Gasteiger partial charge < -0.3 is 5.73 Å². The summed E-state index contributed by atoms with van der Waals surface area (Å²) < 4.78 is 1.15. The summed E-state index contributed by atoms with van der Waals surface area (Å²) >= 11 is 5.20. The highest BCUT2D eigenvalue weighted by Crippen LogP contribution is 2.28. The summed E-state index contributed by atoms with van der Waals surface area (Å²) in [5.41, 5.74) is 6.13. The van der Waals surface area contributed by atoms with Gasteiger partial charge in [0.15, 0.2) is 0 Å². The van der Waals surface area contributed by atoms with Crippen molar-refractivity contribution in [1.82, 2.24) is 0 Å². The molecule has 0 spiro atoms. The van der Waals surface area contributed by atoms with Crippen molar-refractivity contribution < 1.29 is 0 Å². The van der Waals surface area contributed by atoms with Gasteiger partial charge in [0, 0.05) is 20.8 Å². The number of rotatable bonds is 5.